The van der Waals surface area contributed by atoms with Crippen molar-refractivity contribution >= 4 is 11.3 Å². The molecule has 0 saturated carbocycles. The van der Waals surface area contributed by atoms with Crippen molar-refractivity contribution in [1.29, 1.82) is 0 Å². The lowest BCUT2D eigenvalue weighted by molar-refractivity contribution is 0.0154. The summed E-state index contributed by atoms with van der Waals surface area (Å²) in [4.78, 5) is 4.47. The minimum absolute atomic E-state index is 0.0501. The number of aromatic nitrogens is 1. The van der Waals surface area contributed by atoms with E-state index < -0.39 is 0 Å². The number of thiazole rings is 1. The lowest BCUT2D eigenvalue weighted by Gasteiger charge is -2.23. The standard InChI is InChI=1S/C12H22N2OS/c1-9-8-16-11(14-9)10(2)13-7-6-12(3,4)15-5/h8,10,13H,6-7H2,1-5H3. The van der Waals surface area contributed by atoms with Crippen molar-refractivity contribution in [3.05, 3.63) is 16.1 Å². The number of methoxy groups -OCH3 is 1. The first-order valence-corrected chi connectivity index (χ1v) is 6.53. The van der Waals surface area contributed by atoms with Crippen LogP contribution in [0.1, 0.15) is 43.9 Å². The summed E-state index contributed by atoms with van der Waals surface area (Å²) < 4.78 is 5.38. The molecule has 0 spiro atoms. The topological polar surface area (TPSA) is 34.1 Å². The molecule has 0 bridgehead atoms. The fourth-order valence-corrected chi connectivity index (χ4v) is 2.18. The van der Waals surface area contributed by atoms with E-state index >= 15 is 0 Å². The molecular weight excluding hydrogens is 220 g/mol. The van der Waals surface area contributed by atoms with Gasteiger partial charge in [0.2, 0.25) is 0 Å². The minimum atomic E-state index is -0.0501. The molecule has 0 amide bonds. The summed E-state index contributed by atoms with van der Waals surface area (Å²) in [6.07, 6.45) is 0.998. The zero-order valence-electron chi connectivity index (χ0n) is 10.8. The number of nitrogens with zero attached hydrogens (tertiary/aromatic N) is 1. The molecule has 1 rings (SSSR count). The highest BCUT2D eigenvalue weighted by Crippen LogP contribution is 2.18. The average Bonchev–Trinajstić information content (AvgIpc) is 2.64. The third kappa shape index (κ3) is 4.20. The molecule has 16 heavy (non-hydrogen) atoms. The predicted molar refractivity (Wildman–Crippen MR) is 69.0 cm³/mol. The summed E-state index contributed by atoms with van der Waals surface area (Å²) in [7, 11) is 1.76. The number of hydrogen-bond donors (Lipinski definition) is 1. The molecule has 1 atom stereocenters. The number of rotatable bonds is 6. The summed E-state index contributed by atoms with van der Waals surface area (Å²) in [5.41, 5.74) is 1.05. The van der Waals surface area contributed by atoms with Crippen molar-refractivity contribution < 1.29 is 4.74 Å². The van der Waals surface area contributed by atoms with Crippen LogP contribution in [-0.2, 0) is 4.74 Å². The summed E-state index contributed by atoms with van der Waals surface area (Å²) >= 11 is 1.72. The van der Waals surface area contributed by atoms with Crippen LogP contribution in [0.4, 0.5) is 0 Å². The van der Waals surface area contributed by atoms with Crippen molar-refractivity contribution in [3.63, 3.8) is 0 Å². The second-order valence-electron chi connectivity index (χ2n) is 4.72. The van der Waals surface area contributed by atoms with E-state index in [4.69, 9.17) is 4.74 Å². The molecule has 0 radical (unpaired) electrons. The maximum atomic E-state index is 5.38. The Morgan fingerprint density at radius 1 is 1.56 bits per heavy atom. The zero-order valence-corrected chi connectivity index (χ0v) is 11.6. The Balaban J connectivity index is 2.33. The van der Waals surface area contributed by atoms with Gasteiger partial charge in [-0.1, -0.05) is 0 Å². The first kappa shape index (κ1) is 13.6. The molecule has 0 fully saturated rings. The molecule has 0 saturated heterocycles. The Morgan fingerprint density at radius 2 is 2.25 bits per heavy atom. The summed E-state index contributed by atoms with van der Waals surface area (Å²) in [5.74, 6) is 0. The summed E-state index contributed by atoms with van der Waals surface area (Å²) in [6, 6.07) is 0.325. The first-order chi connectivity index (χ1) is 7.44. The van der Waals surface area contributed by atoms with Gasteiger partial charge >= 0.3 is 0 Å². The van der Waals surface area contributed by atoms with E-state index in [-0.39, 0.29) is 5.60 Å². The van der Waals surface area contributed by atoms with E-state index in [1.807, 2.05) is 6.92 Å². The van der Waals surface area contributed by atoms with Crippen LogP contribution in [0.2, 0.25) is 0 Å². The molecule has 3 nitrogen and oxygen atoms in total. The van der Waals surface area contributed by atoms with Crippen LogP contribution < -0.4 is 5.32 Å². The van der Waals surface area contributed by atoms with E-state index in [1.54, 1.807) is 18.4 Å². The Morgan fingerprint density at radius 3 is 2.75 bits per heavy atom. The lowest BCUT2D eigenvalue weighted by Crippen LogP contribution is -2.30. The quantitative estimate of drug-likeness (QED) is 0.833. The van der Waals surface area contributed by atoms with E-state index in [1.165, 1.54) is 0 Å². The molecule has 0 aliphatic heterocycles. The van der Waals surface area contributed by atoms with Crippen LogP contribution in [0.15, 0.2) is 5.38 Å². The second-order valence-corrected chi connectivity index (χ2v) is 5.61. The number of ether oxygens (including phenoxy) is 1. The Kier molecular flexibility index (Phi) is 4.89. The second kappa shape index (κ2) is 5.75. The number of hydrogen-bond acceptors (Lipinski definition) is 4. The van der Waals surface area contributed by atoms with Gasteiger partial charge in [0.05, 0.1) is 11.6 Å². The van der Waals surface area contributed by atoms with Crippen LogP contribution in [0.25, 0.3) is 0 Å². The monoisotopic (exact) mass is 242 g/mol. The summed E-state index contributed by atoms with van der Waals surface area (Å²) in [6.45, 7) is 9.33. The molecule has 1 unspecified atom stereocenters. The third-order valence-corrected chi connectivity index (χ3v) is 3.88. The van der Waals surface area contributed by atoms with Gasteiger partial charge in [-0.15, -0.1) is 11.3 Å². The highest BCUT2D eigenvalue weighted by molar-refractivity contribution is 7.09. The van der Waals surface area contributed by atoms with Crippen LogP contribution in [0, 0.1) is 6.92 Å². The maximum absolute atomic E-state index is 5.38. The average molecular weight is 242 g/mol. The Hall–Kier alpha value is -0.450. The van der Waals surface area contributed by atoms with Crippen molar-refractivity contribution in [2.45, 2.75) is 45.8 Å². The predicted octanol–water partition coefficient (Wildman–Crippen LogP) is 2.92. The van der Waals surface area contributed by atoms with Gasteiger partial charge in [-0.2, -0.15) is 0 Å². The third-order valence-electron chi connectivity index (χ3n) is 2.74. The van der Waals surface area contributed by atoms with Gasteiger partial charge in [0, 0.05) is 18.2 Å². The van der Waals surface area contributed by atoms with Crippen molar-refractivity contribution in [1.82, 2.24) is 10.3 Å². The molecule has 0 aliphatic carbocycles. The molecule has 1 N–H and O–H groups in total. The lowest BCUT2D eigenvalue weighted by atomic mass is 10.1. The molecule has 1 aromatic heterocycles. The van der Waals surface area contributed by atoms with Gasteiger partial charge in [0.1, 0.15) is 5.01 Å². The molecule has 0 aliphatic rings. The highest BCUT2D eigenvalue weighted by atomic mass is 32.1. The van der Waals surface area contributed by atoms with E-state index in [2.05, 4.69) is 36.5 Å². The van der Waals surface area contributed by atoms with E-state index in [0.717, 1.165) is 23.7 Å². The summed E-state index contributed by atoms with van der Waals surface area (Å²) in [5, 5.41) is 6.72. The van der Waals surface area contributed by atoms with Crippen molar-refractivity contribution in [2.75, 3.05) is 13.7 Å². The normalized spacial score (nSPS) is 14.1. The highest BCUT2D eigenvalue weighted by Gasteiger charge is 2.16. The van der Waals surface area contributed by atoms with E-state index in [9.17, 15) is 0 Å². The number of aryl methyl sites for hydroxylation is 1. The smallest absolute Gasteiger partial charge is 0.110 e. The van der Waals surface area contributed by atoms with Gasteiger partial charge in [0.25, 0.3) is 0 Å². The van der Waals surface area contributed by atoms with Crippen LogP contribution in [-0.4, -0.2) is 24.2 Å². The molecular formula is C12H22N2OS. The zero-order chi connectivity index (χ0) is 12.2. The fraction of sp³-hybridized carbons (Fsp3) is 0.750. The van der Waals surface area contributed by atoms with Crippen molar-refractivity contribution in [2.24, 2.45) is 0 Å². The van der Waals surface area contributed by atoms with Gasteiger partial charge in [-0.25, -0.2) is 4.98 Å². The molecule has 4 heteroatoms. The van der Waals surface area contributed by atoms with Crippen LogP contribution in [0.3, 0.4) is 0 Å². The minimum Gasteiger partial charge on any atom is -0.379 e. The van der Waals surface area contributed by atoms with Gasteiger partial charge < -0.3 is 10.1 Å². The fourth-order valence-electron chi connectivity index (χ4n) is 1.35. The number of nitrogens with one attached hydrogen (secondary N) is 1. The van der Waals surface area contributed by atoms with Gasteiger partial charge in [0.15, 0.2) is 0 Å². The molecule has 1 heterocycles. The van der Waals surface area contributed by atoms with Crippen LogP contribution >= 0.6 is 11.3 Å². The maximum Gasteiger partial charge on any atom is 0.110 e. The van der Waals surface area contributed by atoms with Gasteiger partial charge in [-0.05, 0) is 40.7 Å². The largest absolute Gasteiger partial charge is 0.379 e. The Bertz CT molecular complexity index is 323. The van der Waals surface area contributed by atoms with Crippen molar-refractivity contribution in [3.8, 4) is 0 Å². The Labute approximate surface area is 102 Å². The SMILES string of the molecule is COC(C)(C)CCNC(C)c1nc(C)cs1. The first-order valence-electron chi connectivity index (χ1n) is 5.65. The van der Waals surface area contributed by atoms with E-state index in [0.29, 0.717) is 6.04 Å². The van der Waals surface area contributed by atoms with Gasteiger partial charge in [-0.3, -0.25) is 0 Å². The van der Waals surface area contributed by atoms with Crippen LogP contribution in [0.5, 0.6) is 0 Å². The molecule has 0 aromatic carbocycles. The molecule has 92 valence electrons. The molecule has 1 aromatic rings.